The summed E-state index contributed by atoms with van der Waals surface area (Å²) in [4.78, 5) is 7.66. The van der Waals surface area contributed by atoms with Crippen molar-refractivity contribution in [1.29, 1.82) is 0 Å². The van der Waals surface area contributed by atoms with Crippen molar-refractivity contribution in [2.24, 2.45) is 0 Å². The summed E-state index contributed by atoms with van der Waals surface area (Å²) >= 11 is 0. The van der Waals surface area contributed by atoms with Crippen LogP contribution in [0.3, 0.4) is 0 Å². The van der Waals surface area contributed by atoms with Gasteiger partial charge in [0.25, 0.3) is 0 Å². The lowest BCUT2D eigenvalue weighted by Crippen LogP contribution is -2.26. The molecule has 0 radical (unpaired) electrons. The molecule has 1 aliphatic rings. The molecule has 1 saturated heterocycles. The fraction of sp³-hybridized carbons (Fsp3) is 0.462. The molecule has 0 saturated carbocycles. The Morgan fingerprint density at radius 3 is 2.57 bits per heavy atom. The number of hydrogen-bond donors (Lipinski definition) is 1. The van der Waals surface area contributed by atoms with Crippen molar-refractivity contribution >= 4 is 0 Å². The highest BCUT2D eigenvalue weighted by atomic mass is 19.4. The molecule has 8 heteroatoms. The van der Waals surface area contributed by atoms with E-state index >= 15 is 0 Å². The van der Waals surface area contributed by atoms with E-state index in [0.717, 1.165) is 38.2 Å². The number of aromatic nitrogens is 3. The van der Waals surface area contributed by atoms with Gasteiger partial charge in [-0.2, -0.15) is 18.2 Å². The maximum atomic E-state index is 12.5. The number of nitrogens with one attached hydrogen (secondary N) is 1. The molecule has 3 heterocycles. The molecule has 0 spiro atoms. The van der Waals surface area contributed by atoms with Crippen molar-refractivity contribution in [3.8, 4) is 11.4 Å². The van der Waals surface area contributed by atoms with E-state index in [1.807, 2.05) is 0 Å². The van der Waals surface area contributed by atoms with Crippen molar-refractivity contribution < 1.29 is 17.7 Å². The van der Waals surface area contributed by atoms with Gasteiger partial charge in [-0.1, -0.05) is 5.16 Å². The van der Waals surface area contributed by atoms with Crippen LogP contribution in [0.15, 0.2) is 22.9 Å². The molecule has 112 valence electrons. The van der Waals surface area contributed by atoms with Crippen LogP contribution in [-0.2, 0) is 6.18 Å². The van der Waals surface area contributed by atoms with Crippen LogP contribution in [-0.4, -0.2) is 28.2 Å². The zero-order valence-corrected chi connectivity index (χ0v) is 11.0. The normalized spacial score (nSPS) is 17.1. The van der Waals surface area contributed by atoms with Gasteiger partial charge < -0.3 is 9.84 Å². The minimum Gasteiger partial charge on any atom is -0.339 e. The Kier molecular flexibility index (Phi) is 3.62. The number of pyridine rings is 1. The molecule has 1 N–H and O–H groups in total. The Morgan fingerprint density at radius 2 is 1.95 bits per heavy atom. The second kappa shape index (κ2) is 5.44. The minimum absolute atomic E-state index is 0.204. The van der Waals surface area contributed by atoms with Crippen molar-refractivity contribution in [3.05, 3.63) is 29.9 Å². The fourth-order valence-electron chi connectivity index (χ4n) is 2.28. The quantitative estimate of drug-likeness (QED) is 0.923. The van der Waals surface area contributed by atoms with E-state index < -0.39 is 11.9 Å². The minimum atomic E-state index is -4.45. The van der Waals surface area contributed by atoms with Crippen molar-refractivity contribution in [3.63, 3.8) is 0 Å². The molecule has 0 unspecified atom stereocenters. The highest BCUT2D eigenvalue weighted by Gasteiger charge is 2.32. The summed E-state index contributed by atoms with van der Waals surface area (Å²) in [6.07, 6.45) is -1.52. The van der Waals surface area contributed by atoms with Crippen LogP contribution in [0.2, 0.25) is 0 Å². The van der Waals surface area contributed by atoms with Gasteiger partial charge in [0, 0.05) is 17.7 Å². The highest BCUT2D eigenvalue weighted by Crippen LogP contribution is 2.29. The van der Waals surface area contributed by atoms with Gasteiger partial charge in [-0.15, -0.1) is 0 Å². The van der Waals surface area contributed by atoms with Gasteiger partial charge >= 0.3 is 6.18 Å². The van der Waals surface area contributed by atoms with Gasteiger partial charge in [-0.3, -0.25) is 4.98 Å². The number of piperidine rings is 1. The molecular formula is C13H13F3N4O. The number of rotatable bonds is 2. The number of alkyl halides is 3. The number of hydrogen-bond acceptors (Lipinski definition) is 5. The summed E-state index contributed by atoms with van der Waals surface area (Å²) in [6.45, 7) is 1.79. The predicted molar refractivity (Wildman–Crippen MR) is 67.4 cm³/mol. The van der Waals surface area contributed by atoms with Crippen LogP contribution in [0.4, 0.5) is 13.2 Å². The second-order valence-electron chi connectivity index (χ2n) is 4.91. The molecule has 5 nitrogen and oxygen atoms in total. The smallest absolute Gasteiger partial charge is 0.339 e. The lowest BCUT2D eigenvalue weighted by atomic mass is 9.98. The zero-order valence-electron chi connectivity index (χ0n) is 11.0. The van der Waals surface area contributed by atoms with E-state index in [-0.39, 0.29) is 11.7 Å². The van der Waals surface area contributed by atoms with Crippen LogP contribution in [0.5, 0.6) is 0 Å². The lowest BCUT2D eigenvalue weighted by Gasteiger charge is -2.18. The third-order valence-electron chi connectivity index (χ3n) is 3.44. The van der Waals surface area contributed by atoms with E-state index in [1.165, 1.54) is 6.07 Å². The summed E-state index contributed by atoms with van der Waals surface area (Å²) in [6, 6.07) is 2.21. The third-order valence-corrected chi connectivity index (χ3v) is 3.44. The van der Waals surface area contributed by atoms with Crippen LogP contribution in [0.1, 0.15) is 30.3 Å². The molecular weight excluding hydrogens is 285 g/mol. The summed E-state index contributed by atoms with van der Waals surface area (Å²) < 4.78 is 42.6. The van der Waals surface area contributed by atoms with Gasteiger partial charge in [0.15, 0.2) is 0 Å². The monoisotopic (exact) mass is 298 g/mol. The van der Waals surface area contributed by atoms with Gasteiger partial charge in [-0.25, -0.2) is 0 Å². The first-order valence-corrected chi connectivity index (χ1v) is 6.62. The molecule has 2 aromatic rings. The molecule has 0 atom stereocenters. The Balaban J connectivity index is 1.79. The van der Waals surface area contributed by atoms with Crippen LogP contribution in [0.25, 0.3) is 11.4 Å². The van der Waals surface area contributed by atoms with E-state index in [1.54, 1.807) is 0 Å². The van der Waals surface area contributed by atoms with Gasteiger partial charge in [0.05, 0.1) is 0 Å². The first-order chi connectivity index (χ1) is 10.0. The standard InChI is InChI=1S/C13H13F3N4O/c14-13(15,16)10-2-1-9(7-18-10)11-19-12(21-20-11)8-3-5-17-6-4-8/h1-2,7-8,17H,3-6H2. The lowest BCUT2D eigenvalue weighted by molar-refractivity contribution is -0.141. The van der Waals surface area contributed by atoms with Crippen LogP contribution >= 0.6 is 0 Å². The summed E-state index contributed by atoms with van der Waals surface area (Å²) in [5.41, 5.74) is -0.528. The molecule has 0 aliphatic carbocycles. The molecule has 3 rings (SSSR count). The molecule has 0 bridgehead atoms. The number of nitrogens with zero attached hydrogens (tertiary/aromatic N) is 3. The number of halogens is 3. The summed E-state index contributed by atoms with van der Waals surface area (Å²) in [5, 5.41) is 7.06. The maximum Gasteiger partial charge on any atom is 0.433 e. The average Bonchev–Trinajstić information content (AvgIpc) is 2.97. The van der Waals surface area contributed by atoms with Gasteiger partial charge in [0.1, 0.15) is 5.69 Å². The Bertz CT molecular complexity index is 603. The third kappa shape index (κ3) is 3.05. The summed E-state index contributed by atoms with van der Waals surface area (Å²) in [7, 11) is 0. The summed E-state index contributed by atoms with van der Waals surface area (Å²) in [5.74, 6) is 1.01. The van der Waals surface area contributed by atoms with Crippen molar-refractivity contribution in [1.82, 2.24) is 20.4 Å². The van der Waals surface area contributed by atoms with Crippen LogP contribution in [0, 0.1) is 0 Å². The van der Waals surface area contributed by atoms with E-state index in [9.17, 15) is 13.2 Å². The highest BCUT2D eigenvalue weighted by molar-refractivity contribution is 5.52. The van der Waals surface area contributed by atoms with E-state index in [2.05, 4.69) is 20.4 Å². The Hall–Kier alpha value is -1.96. The largest absolute Gasteiger partial charge is 0.433 e. The second-order valence-corrected chi connectivity index (χ2v) is 4.91. The molecule has 21 heavy (non-hydrogen) atoms. The average molecular weight is 298 g/mol. The maximum absolute atomic E-state index is 12.5. The van der Waals surface area contributed by atoms with E-state index in [4.69, 9.17) is 4.52 Å². The van der Waals surface area contributed by atoms with Crippen molar-refractivity contribution in [2.45, 2.75) is 24.9 Å². The predicted octanol–water partition coefficient (Wildman–Crippen LogP) is 2.62. The van der Waals surface area contributed by atoms with Gasteiger partial charge in [-0.05, 0) is 38.1 Å². The van der Waals surface area contributed by atoms with Gasteiger partial charge in [0.2, 0.25) is 11.7 Å². The molecule has 0 amide bonds. The topological polar surface area (TPSA) is 63.8 Å². The first-order valence-electron chi connectivity index (χ1n) is 6.62. The molecule has 2 aromatic heterocycles. The molecule has 1 fully saturated rings. The SMILES string of the molecule is FC(F)(F)c1ccc(-c2noc(C3CCNCC3)n2)cn1. The first kappa shape index (κ1) is 14.0. The Labute approximate surface area is 118 Å². The van der Waals surface area contributed by atoms with E-state index in [0.29, 0.717) is 11.5 Å². The fourth-order valence-corrected chi connectivity index (χ4v) is 2.28. The molecule has 0 aromatic carbocycles. The zero-order chi connectivity index (χ0) is 14.9. The van der Waals surface area contributed by atoms with Crippen molar-refractivity contribution in [2.75, 3.05) is 13.1 Å². The Morgan fingerprint density at radius 1 is 1.19 bits per heavy atom. The van der Waals surface area contributed by atoms with Crippen LogP contribution < -0.4 is 5.32 Å². The molecule has 1 aliphatic heterocycles.